The van der Waals surface area contributed by atoms with E-state index in [4.69, 9.17) is 4.74 Å². The summed E-state index contributed by atoms with van der Waals surface area (Å²) in [6.45, 7) is 8.11. The SMILES string of the molecule is CCNCc1nnnn1C1CC(OC)C1(C)C. The van der Waals surface area contributed by atoms with Crippen LogP contribution in [0.15, 0.2) is 0 Å². The van der Waals surface area contributed by atoms with Crippen LogP contribution < -0.4 is 5.32 Å². The van der Waals surface area contributed by atoms with Crippen molar-refractivity contribution in [1.82, 2.24) is 25.5 Å². The van der Waals surface area contributed by atoms with Crippen molar-refractivity contribution in [3.8, 4) is 0 Å². The largest absolute Gasteiger partial charge is 0.381 e. The number of tetrazole rings is 1. The lowest BCUT2D eigenvalue weighted by Crippen LogP contribution is -2.51. The van der Waals surface area contributed by atoms with Crippen LogP contribution in [0, 0.1) is 5.41 Å². The molecule has 96 valence electrons. The summed E-state index contributed by atoms with van der Waals surface area (Å²) < 4.78 is 7.40. The maximum atomic E-state index is 5.45. The molecule has 1 heterocycles. The van der Waals surface area contributed by atoms with Gasteiger partial charge in [0.15, 0.2) is 5.82 Å². The smallest absolute Gasteiger partial charge is 0.165 e. The molecule has 1 N–H and O–H groups in total. The van der Waals surface area contributed by atoms with Gasteiger partial charge < -0.3 is 10.1 Å². The second-order valence-corrected chi connectivity index (χ2v) is 5.12. The monoisotopic (exact) mass is 239 g/mol. The number of hydrogen-bond acceptors (Lipinski definition) is 5. The molecular formula is C11H21N5O. The predicted molar refractivity (Wildman–Crippen MR) is 63.4 cm³/mol. The number of rotatable bonds is 5. The normalized spacial score (nSPS) is 26.8. The van der Waals surface area contributed by atoms with E-state index in [1.165, 1.54) is 0 Å². The Balaban J connectivity index is 2.11. The van der Waals surface area contributed by atoms with Crippen molar-refractivity contribution in [3.05, 3.63) is 5.82 Å². The van der Waals surface area contributed by atoms with E-state index in [-0.39, 0.29) is 5.41 Å². The molecule has 0 radical (unpaired) electrons. The molecule has 0 saturated heterocycles. The third-order valence-corrected chi connectivity index (χ3v) is 3.80. The Kier molecular flexibility index (Phi) is 3.44. The van der Waals surface area contributed by atoms with Gasteiger partial charge in [-0.15, -0.1) is 5.10 Å². The Labute approximate surface area is 102 Å². The summed E-state index contributed by atoms with van der Waals surface area (Å²) in [4.78, 5) is 0. The average Bonchev–Trinajstić information content (AvgIpc) is 2.73. The quantitative estimate of drug-likeness (QED) is 0.822. The molecule has 1 aliphatic rings. The summed E-state index contributed by atoms with van der Waals surface area (Å²) in [6, 6.07) is 0.330. The third kappa shape index (κ3) is 2.07. The Morgan fingerprint density at radius 1 is 1.53 bits per heavy atom. The number of aromatic nitrogens is 4. The first kappa shape index (κ1) is 12.4. The summed E-state index contributed by atoms with van der Waals surface area (Å²) in [7, 11) is 1.77. The van der Waals surface area contributed by atoms with Crippen LogP contribution in [0.4, 0.5) is 0 Å². The van der Waals surface area contributed by atoms with Gasteiger partial charge in [0.1, 0.15) is 0 Å². The Morgan fingerprint density at radius 3 is 2.88 bits per heavy atom. The number of nitrogens with zero attached hydrogens (tertiary/aromatic N) is 4. The lowest BCUT2D eigenvalue weighted by molar-refractivity contribution is -0.117. The zero-order valence-electron chi connectivity index (χ0n) is 11.0. The van der Waals surface area contributed by atoms with Gasteiger partial charge >= 0.3 is 0 Å². The first-order valence-electron chi connectivity index (χ1n) is 6.11. The molecule has 6 heteroatoms. The number of nitrogens with one attached hydrogen (secondary N) is 1. The van der Waals surface area contributed by atoms with Gasteiger partial charge in [-0.1, -0.05) is 20.8 Å². The van der Waals surface area contributed by atoms with Gasteiger partial charge in [0.2, 0.25) is 0 Å². The Bertz CT molecular complexity index is 376. The molecule has 0 aliphatic heterocycles. The molecule has 1 saturated carbocycles. The lowest BCUT2D eigenvalue weighted by atomic mass is 9.64. The molecule has 0 aromatic carbocycles. The minimum Gasteiger partial charge on any atom is -0.381 e. The van der Waals surface area contributed by atoms with E-state index in [0.717, 1.165) is 18.8 Å². The molecular weight excluding hydrogens is 218 g/mol. The van der Waals surface area contributed by atoms with Crippen molar-refractivity contribution in [2.75, 3.05) is 13.7 Å². The number of ether oxygens (including phenoxy) is 1. The average molecular weight is 239 g/mol. The number of hydrogen-bond donors (Lipinski definition) is 1. The van der Waals surface area contributed by atoms with Gasteiger partial charge in [-0.05, 0) is 23.4 Å². The summed E-state index contributed by atoms with van der Waals surface area (Å²) in [5.74, 6) is 0.902. The van der Waals surface area contributed by atoms with Crippen LogP contribution in [0.25, 0.3) is 0 Å². The van der Waals surface area contributed by atoms with Crippen LogP contribution in [0.5, 0.6) is 0 Å². The summed E-state index contributed by atoms with van der Waals surface area (Å²) in [6.07, 6.45) is 1.27. The van der Waals surface area contributed by atoms with Crippen molar-refractivity contribution in [2.45, 2.75) is 45.9 Å². The van der Waals surface area contributed by atoms with Gasteiger partial charge in [-0.3, -0.25) is 0 Å². The molecule has 1 aliphatic carbocycles. The lowest BCUT2D eigenvalue weighted by Gasteiger charge is -2.50. The predicted octanol–water partition coefficient (Wildman–Crippen LogP) is 0.769. The fraction of sp³-hybridized carbons (Fsp3) is 0.909. The Hall–Kier alpha value is -1.01. The van der Waals surface area contributed by atoms with E-state index < -0.39 is 0 Å². The molecule has 17 heavy (non-hydrogen) atoms. The van der Waals surface area contributed by atoms with Crippen LogP contribution in [-0.2, 0) is 11.3 Å². The van der Waals surface area contributed by atoms with Crippen LogP contribution in [0.1, 0.15) is 39.1 Å². The van der Waals surface area contributed by atoms with Gasteiger partial charge in [0, 0.05) is 12.5 Å². The highest BCUT2D eigenvalue weighted by atomic mass is 16.5. The zero-order chi connectivity index (χ0) is 12.5. The molecule has 2 rings (SSSR count). The minimum atomic E-state index is 0.0884. The van der Waals surface area contributed by atoms with Gasteiger partial charge in [0.05, 0.1) is 18.7 Å². The highest BCUT2D eigenvalue weighted by Crippen LogP contribution is 2.50. The van der Waals surface area contributed by atoms with Crippen molar-refractivity contribution in [1.29, 1.82) is 0 Å². The van der Waals surface area contributed by atoms with Crippen molar-refractivity contribution < 1.29 is 4.74 Å². The topological polar surface area (TPSA) is 64.9 Å². The van der Waals surface area contributed by atoms with Crippen LogP contribution in [0.3, 0.4) is 0 Å². The van der Waals surface area contributed by atoms with Crippen molar-refractivity contribution in [3.63, 3.8) is 0 Å². The zero-order valence-corrected chi connectivity index (χ0v) is 11.0. The molecule has 2 atom stereocenters. The summed E-state index contributed by atoms with van der Waals surface area (Å²) in [5, 5.41) is 15.2. The van der Waals surface area contributed by atoms with E-state index in [2.05, 4.69) is 41.6 Å². The maximum Gasteiger partial charge on any atom is 0.165 e. The second kappa shape index (κ2) is 4.70. The standard InChI is InChI=1S/C11H21N5O/c1-5-12-7-10-13-14-15-16(10)8-6-9(17-4)11(8,2)3/h8-9,12H,5-7H2,1-4H3. The first-order valence-corrected chi connectivity index (χ1v) is 6.11. The van der Waals surface area contributed by atoms with Gasteiger partial charge in [-0.2, -0.15) is 0 Å². The van der Waals surface area contributed by atoms with Crippen LogP contribution in [0.2, 0.25) is 0 Å². The highest BCUT2D eigenvalue weighted by molar-refractivity contribution is 5.03. The molecule has 1 fully saturated rings. The van der Waals surface area contributed by atoms with E-state index in [9.17, 15) is 0 Å². The molecule has 1 aromatic heterocycles. The summed E-state index contributed by atoms with van der Waals surface area (Å²) in [5.41, 5.74) is 0.0884. The van der Waals surface area contributed by atoms with Gasteiger partial charge in [-0.25, -0.2) is 4.68 Å². The Morgan fingerprint density at radius 2 is 2.29 bits per heavy atom. The molecule has 6 nitrogen and oxygen atoms in total. The van der Waals surface area contributed by atoms with Crippen molar-refractivity contribution >= 4 is 0 Å². The highest BCUT2D eigenvalue weighted by Gasteiger charge is 2.50. The molecule has 0 amide bonds. The molecule has 1 aromatic rings. The minimum absolute atomic E-state index is 0.0884. The van der Waals surface area contributed by atoms with E-state index >= 15 is 0 Å². The van der Waals surface area contributed by atoms with Crippen molar-refractivity contribution in [2.24, 2.45) is 5.41 Å². The molecule has 2 unspecified atom stereocenters. The number of methoxy groups -OCH3 is 1. The van der Waals surface area contributed by atoms with Crippen LogP contribution in [-0.4, -0.2) is 40.0 Å². The second-order valence-electron chi connectivity index (χ2n) is 5.12. The maximum absolute atomic E-state index is 5.45. The molecule has 0 bridgehead atoms. The van der Waals surface area contributed by atoms with E-state index in [1.54, 1.807) is 7.11 Å². The fourth-order valence-electron chi connectivity index (χ4n) is 2.49. The van der Waals surface area contributed by atoms with E-state index in [1.807, 2.05) is 4.68 Å². The van der Waals surface area contributed by atoms with Crippen LogP contribution >= 0.6 is 0 Å². The first-order chi connectivity index (χ1) is 8.11. The summed E-state index contributed by atoms with van der Waals surface area (Å²) >= 11 is 0. The fourth-order valence-corrected chi connectivity index (χ4v) is 2.49. The van der Waals surface area contributed by atoms with E-state index in [0.29, 0.717) is 18.7 Å². The third-order valence-electron chi connectivity index (χ3n) is 3.80. The molecule has 0 spiro atoms. The van der Waals surface area contributed by atoms with Gasteiger partial charge in [0.25, 0.3) is 0 Å².